The Morgan fingerprint density at radius 3 is 2.65 bits per heavy atom. The second-order valence-electron chi connectivity index (χ2n) is 9.13. The van der Waals surface area contributed by atoms with E-state index in [1.807, 2.05) is 79.7 Å². The number of rotatable bonds is 8. The first-order valence-electron chi connectivity index (χ1n) is 12.1. The van der Waals surface area contributed by atoms with Crippen LogP contribution < -0.4 is 5.32 Å². The molecule has 6 rings (SSSR count). The number of hydrogen-bond acceptors (Lipinski definition) is 6. The number of anilines is 1. The second-order valence-corrected chi connectivity index (χ2v) is 10.2. The van der Waals surface area contributed by atoms with Gasteiger partial charge in [-0.05, 0) is 67.8 Å². The number of imidazole rings is 1. The first kappa shape index (κ1) is 23.2. The molecule has 0 aliphatic heterocycles. The Labute approximate surface area is 217 Å². The first-order chi connectivity index (χ1) is 18.0. The van der Waals surface area contributed by atoms with E-state index in [2.05, 4.69) is 20.5 Å². The fourth-order valence-corrected chi connectivity index (χ4v) is 5.00. The molecule has 184 valence electrons. The minimum Gasteiger partial charge on any atom is -0.309 e. The number of amides is 1. The fraction of sp³-hybridized carbons (Fsp3) is 0.179. The van der Waals surface area contributed by atoms with Gasteiger partial charge in [-0.2, -0.15) is 10.2 Å². The molecular weight excluding hydrogens is 484 g/mol. The summed E-state index contributed by atoms with van der Waals surface area (Å²) in [4.78, 5) is 30.7. The topological polar surface area (TPSA) is 94.2 Å². The van der Waals surface area contributed by atoms with Gasteiger partial charge in [0.05, 0.1) is 17.6 Å². The monoisotopic (exact) mass is 508 g/mol. The van der Waals surface area contributed by atoms with Gasteiger partial charge in [0, 0.05) is 17.2 Å². The van der Waals surface area contributed by atoms with Crippen LogP contribution in [0.25, 0.3) is 11.3 Å². The molecule has 0 atom stereocenters. The molecule has 1 N–H and O–H groups in total. The number of nitrogens with zero attached hydrogens (tertiary/aromatic N) is 5. The van der Waals surface area contributed by atoms with Crippen molar-refractivity contribution in [2.45, 2.75) is 36.1 Å². The fourth-order valence-electron chi connectivity index (χ4n) is 4.13. The molecule has 0 unspecified atom stereocenters. The summed E-state index contributed by atoms with van der Waals surface area (Å²) in [6.45, 7) is 1.89. The number of para-hydroxylation sites is 1. The van der Waals surface area contributed by atoms with Crippen molar-refractivity contribution < 1.29 is 9.59 Å². The third kappa shape index (κ3) is 5.17. The number of fused-ring (bicyclic) bond motifs is 1. The van der Waals surface area contributed by atoms with Crippen molar-refractivity contribution in [1.82, 2.24) is 24.4 Å². The van der Waals surface area contributed by atoms with Crippen LogP contribution in [0.3, 0.4) is 0 Å². The van der Waals surface area contributed by atoms with Gasteiger partial charge >= 0.3 is 0 Å². The maximum atomic E-state index is 13.2. The van der Waals surface area contributed by atoms with Gasteiger partial charge in [0.2, 0.25) is 5.91 Å². The van der Waals surface area contributed by atoms with E-state index in [4.69, 9.17) is 0 Å². The van der Waals surface area contributed by atoms with Crippen molar-refractivity contribution in [3.8, 4) is 5.69 Å². The van der Waals surface area contributed by atoms with Crippen molar-refractivity contribution in [2.75, 3.05) is 5.32 Å². The number of aromatic nitrogens is 5. The van der Waals surface area contributed by atoms with Gasteiger partial charge in [-0.15, -0.1) is 0 Å². The molecular formula is C28H24N6O2S. The third-order valence-electron chi connectivity index (χ3n) is 6.10. The van der Waals surface area contributed by atoms with Crippen molar-refractivity contribution in [2.24, 2.45) is 5.92 Å². The average Bonchev–Trinajstić information content (AvgIpc) is 3.57. The Morgan fingerprint density at radius 1 is 1.00 bits per heavy atom. The normalized spacial score (nSPS) is 13.1. The van der Waals surface area contributed by atoms with E-state index < -0.39 is 0 Å². The smallest absolute Gasteiger partial charge is 0.228 e. The maximum absolute atomic E-state index is 13.2. The summed E-state index contributed by atoms with van der Waals surface area (Å²) in [5.41, 5.74) is 3.81. The predicted molar refractivity (Wildman–Crippen MR) is 141 cm³/mol. The zero-order chi connectivity index (χ0) is 25.4. The summed E-state index contributed by atoms with van der Waals surface area (Å²) in [5.74, 6) is 0.652. The van der Waals surface area contributed by atoms with E-state index >= 15 is 0 Å². The average molecular weight is 509 g/mol. The van der Waals surface area contributed by atoms with Gasteiger partial charge in [-0.25, -0.2) is 14.2 Å². The van der Waals surface area contributed by atoms with E-state index in [9.17, 15) is 9.59 Å². The number of carbonyl (C=O) groups excluding carboxylic acids is 2. The number of Topliss-reactive ketones (excluding diaryl/α,β-unsaturated/α-hetero) is 1. The van der Waals surface area contributed by atoms with Crippen LogP contribution in [-0.4, -0.2) is 36.1 Å². The quantitative estimate of drug-likeness (QED) is 0.292. The van der Waals surface area contributed by atoms with E-state index in [0.29, 0.717) is 17.2 Å². The summed E-state index contributed by atoms with van der Waals surface area (Å²) in [7, 11) is 0. The van der Waals surface area contributed by atoms with Gasteiger partial charge in [-0.3, -0.25) is 9.59 Å². The molecule has 1 aliphatic carbocycles. The van der Waals surface area contributed by atoms with Crippen LogP contribution in [0, 0.1) is 12.8 Å². The lowest BCUT2D eigenvalue weighted by Gasteiger charge is -2.08. The van der Waals surface area contributed by atoms with Crippen molar-refractivity contribution >= 4 is 34.9 Å². The summed E-state index contributed by atoms with van der Waals surface area (Å²) in [5, 5.41) is 12.8. The van der Waals surface area contributed by atoms with Crippen molar-refractivity contribution in [1.29, 1.82) is 0 Å². The Kier molecular flexibility index (Phi) is 6.05. The highest BCUT2D eigenvalue weighted by molar-refractivity contribution is 7.99. The Hall–Kier alpha value is -4.24. The Bertz CT molecular complexity index is 1620. The van der Waals surface area contributed by atoms with Gasteiger partial charge in [0.25, 0.3) is 0 Å². The molecule has 0 bridgehead atoms. The Balaban J connectivity index is 1.17. The van der Waals surface area contributed by atoms with E-state index in [1.165, 1.54) is 11.8 Å². The highest BCUT2D eigenvalue weighted by atomic mass is 32.2. The van der Waals surface area contributed by atoms with E-state index in [0.717, 1.165) is 39.7 Å². The molecule has 3 aromatic heterocycles. The van der Waals surface area contributed by atoms with E-state index in [-0.39, 0.29) is 24.0 Å². The third-order valence-corrected chi connectivity index (χ3v) is 7.02. The number of benzene rings is 2. The number of nitrogens with one attached hydrogen (secondary N) is 1. The molecule has 1 amide bonds. The molecule has 5 aromatic rings. The lowest BCUT2D eigenvalue weighted by Crippen LogP contribution is -2.13. The van der Waals surface area contributed by atoms with Crippen molar-refractivity contribution in [3.63, 3.8) is 0 Å². The molecule has 3 heterocycles. The van der Waals surface area contributed by atoms with Crippen LogP contribution in [0.15, 0.2) is 88.9 Å². The summed E-state index contributed by atoms with van der Waals surface area (Å²) in [6.07, 6.45) is 3.88. The zero-order valence-electron chi connectivity index (χ0n) is 20.2. The summed E-state index contributed by atoms with van der Waals surface area (Å²) < 4.78 is 3.38. The van der Waals surface area contributed by atoms with Crippen LogP contribution in [0.5, 0.6) is 0 Å². The standard InChI is InChI=1S/C28H24N6O2S/c1-18-14-23(34(31-18)21-7-3-2-4-8-21)24(35)16-19-6-5-9-22(15-19)37-27-13-12-26-29-25(17-33(26)32-27)30-28(36)20-10-11-20/h2-9,12-15,17,20H,10-11,16H2,1H3,(H,30,36). The molecule has 0 spiro atoms. The van der Waals surface area contributed by atoms with E-state index in [1.54, 1.807) is 15.4 Å². The summed E-state index contributed by atoms with van der Waals surface area (Å²) in [6, 6.07) is 23.2. The highest BCUT2D eigenvalue weighted by Crippen LogP contribution is 2.30. The molecule has 1 saturated carbocycles. The van der Waals surface area contributed by atoms with Gasteiger partial charge in [-0.1, -0.05) is 42.1 Å². The predicted octanol–water partition coefficient (Wildman–Crippen LogP) is 5.15. The minimum atomic E-state index is 0.00494. The zero-order valence-corrected chi connectivity index (χ0v) is 21.0. The molecule has 0 saturated heterocycles. The molecule has 8 nitrogen and oxygen atoms in total. The number of aryl methyl sites for hydroxylation is 1. The van der Waals surface area contributed by atoms with Crippen LogP contribution in [-0.2, 0) is 11.2 Å². The maximum Gasteiger partial charge on any atom is 0.228 e. The lowest BCUT2D eigenvalue weighted by atomic mass is 10.1. The van der Waals surface area contributed by atoms with Crippen LogP contribution in [0.4, 0.5) is 5.82 Å². The lowest BCUT2D eigenvalue weighted by molar-refractivity contribution is -0.117. The SMILES string of the molecule is Cc1cc(C(=O)Cc2cccc(Sc3ccc4nc(NC(=O)C5CC5)cn4n3)c2)n(-c2ccccc2)n1. The molecule has 9 heteroatoms. The molecule has 1 fully saturated rings. The molecule has 37 heavy (non-hydrogen) atoms. The minimum absolute atomic E-state index is 0.00494. The molecule has 1 aliphatic rings. The number of hydrogen-bond donors (Lipinski definition) is 1. The molecule has 2 aromatic carbocycles. The van der Waals surface area contributed by atoms with Crippen LogP contribution in [0.1, 0.15) is 34.6 Å². The summed E-state index contributed by atoms with van der Waals surface area (Å²) >= 11 is 1.51. The Morgan fingerprint density at radius 2 is 1.84 bits per heavy atom. The highest BCUT2D eigenvalue weighted by Gasteiger charge is 2.30. The van der Waals surface area contributed by atoms with Gasteiger partial charge < -0.3 is 5.32 Å². The second kappa shape index (κ2) is 9.67. The van der Waals surface area contributed by atoms with Crippen LogP contribution in [0.2, 0.25) is 0 Å². The molecule has 0 radical (unpaired) electrons. The largest absolute Gasteiger partial charge is 0.309 e. The van der Waals surface area contributed by atoms with Gasteiger partial charge in [0.15, 0.2) is 17.2 Å². The first-order valence-corrected chi connectivity index (χ1v) is 12.9. The van der Waals surface area contributed by atoms with Gasteiger partial charge in [0.1, 0.15) is 10.7 Å². The number of ketones is 1. The van der Waals surface area contributed by atoms with Crippen molar-refractivity contribution in [3.05, 3.63) is 95.9 Å². The number of carbonyl (C=O) groups is 2. The van der Waals surface area contributed by atoms with Crippen LogP contribution >= 0.6 is 11.8 Å².